The van der Waals surface area contributed by atoms with Crippen LogP contribution >= 0.6 is 0 Å². The molecule has 36 heavy (non-hydrogen) atoms. The molecule has 1 amide bonds. The summed E-state index contributed by atoms with van der Waals surface area (Å²) in [5.74, 6) is 0.526. The van der Waals surface area contributed by atoms with Gasteiger partial charge in [-0.3, -0.25) is 14.6 Å². The predicted octanol–water partition coefficient (Wildman–Crippen LogP) is 3.10. The number of nitrogens with one attached hydrogen (secondary N) is 1. The van der Waals surface area contributed by atoms with Crippen LogP contribution in [0.4, 0.5) is 5.82 Å². The van der Waals surface area contributed by atoms with Gasteiger partial charge in [0.15, 0.2) is 5.65 Å². The number of rotatable bonds is 3. The molecular formula is C27H33N7O2. The molecule has 4 aromatic rings. The Morgan fingerprint density at radius 2 is 1.81 bits per heavy atom. The van der Waals surface area contributed by atoms with E-state index in [1.54, 1.807) is 44.0 Å². The van der Waals surface area contributed by atoms with Crippen LogP contribution < -0.4 is 15.8 Å². The average Bonchev–Trinajstić information content (AvgIpc) is 3.55. The maximum Gasteiger partial charge on any atom is 0.263 e. The van der Waals surface area contributed by atoms with Gasteiger partial charge in [-0.25, -0.2) is 9.50 Å². The van der Waals surface area contributed by atoms with Crippen LogP contribution in [0.2, 0.25) is 0 Å². The fourth-order valence-corrected chi connectivity index (χ4v) is 3.58. The molecule has 0 saturated carbocycles. The first kappa shape index (κ1) is 27.8. The summed E-state index contributed by atoms with van der Waals surface area (Å²) < 4.78 is 3.22. The van der Waals surface area contributed by atoms with Gasteiger partial charge in [-0.15, -0.1) is 17.9 Å². The standard InChI is InChI=1S/C18H20N6O2.C5H5N.C2H6.C2H2/c1-12-10-19-15-5-6-16(21-24(12)15)23-9-7-13(11-23)20-17(25)14-4-3-8-22(2)18(14)26;1-2-4-6-5-3-1;2*1-2/h3-6,8,10,13H,7,9,11H2,1-2H3,(H,20,25);1-5H;1-2H3;1-2H/t13-;;;/m0.../s1. The molecule has 0 aromatic carbocycles. The number of fused-ring (bicyclic) bond motifs is 1. The van der Waals surface area contributed by atoms with E-state index in [0.29, 0.717) is 6.54 Å². The fraction of sp³-hybridized carbons (Fsp3) is 0.296. The molecule has 1 N–H and O–H groups in total. The van der Waals surface area contributed by atoms with Crippen molar-refractivity contribution in [2.75, 3.05) is 18.0 Å². The Hall–Kier alpha value is -4.45. The maximum absolute atomic E-state index is 12.4. The SMILES string of the molecule is C#C.CC.Cc1cnc2ccc(N3CC[C@H](NC(=O)c4cccn(C)c4=O)C3)nn12.c1ccncc1. The summed E-state index contributed by atoms with van der Waals surface area (Å²) >= 11 is 0. The van der Waals surface area contributed by atoms with Crippen LogP contribution in [-0.2, 0) is 7.05 Å². The Kier molecular flexibility index (Phi) is 10.9. The topological polar surface area (TPSA) is 97.4 Å². The van der Waals surface area contributed by atoms with Crippen molar-refractivity contribution in [3.8, 4) is 12.8 Å². The van der Waals surface area contributed by atoms with E-state index in [2.05, 4.69) is 38.1 Å². The predicted molar refractivity (Wildman–Crippen MR) is 143 cm³/mol. The lowest BCUT2D eigenvalue weighted by Crippen LogP contribution is -2.40. The number of aryl methyl sites for hydroxylation is 2. The van der Waals surface area contributed by atoms with E-state index in [4.69, 9.17) is 0 Å². The van der Waals surface area contributed by atoms with Crippen molar-refractivity contribution >= 4 is 17.4 Å². The molecule has 1 atom stereocenters. The highest BCUT2D eigenvalue weighted by atomic mass is 16.2. The summed E-state index contributed by atoms with van der Waals surface area (Å²) in [5.41, 5.74) is 1.67. The van der Waals surface area contributed by atoms with Crippen LogP contribution in [0.3, 0.4) is 0 Å². The summed E-state index contributed by atoms with van der Waals surface area (Å²) in [7, 11) is 1.64. The number of imidazole rings is 1. The van der Waals surface area contributed by atoms with E-state index in [1.165, 1.54) is 4.57 Å². The Bertz CT molecular complexity index is 1290. The summed E-state index contributed by atoms with van der Waals surface area (Å²) in [5, 5.41) is 7.59. The number of carbonyl (C=O) groups excluding carboxylic acids is 1. The Morgan fingerprint density at radius 1 is 1.08 bits per heavy atom. The first-order chi connectivity index (χ1) is 17.5. The van der Waals surface area contributed by atoms with E-state index < -0.39 is 0 Å². The Labute approximate surface area is 211 Å². The van der Waals surface area contributed by atoms with Crippen molar-refractivity contribution in [3.63, 3.8) is 0 Å². The molecule has 0 bridgehead atoms. The normalized spacial score (nSPS) is 13.8. The van der Waals surface area contributed by atoms with Crippen LogP contribution in [-0.4, -0.2) is 49.2 Å². The Morgan fingerprint density at radius 3 is 2.44 bits per heavy atom. The van der Waals surface area contributed by atoms with Gasteiger partial charge < -0.3 is 14.8 Å². The molecule has 1 fully saturated rings. The first-order valence-corrected chi connectivity index (χ1v) is 11.7. The molecule has 9 nitrogen and oxygen atoms in total. The second-order valence-corrected chi connectivity index (χ2v) is 7.63. The zero-order chi connectivity index (χ0) is 26.5. The maximum atomic E-state index is 12.4. The average molecular weight is 488 g/mol. The van der Waals surface area contributed by atoms with Crippen molar-refractivity contribution in [1.82, 2.24) is 29.5 Å². The van der Waals surface area contributed by atoms with Gasteiger partial charge in [-0.05, 0) is 49.7 Å². The number of pyridine rings is 2. The largest absolute Gasteiger partial charge is 0.353 e. The minimum atomic E-state index is -0.327. The van der Waals surface area contributed by atoms with E-state index in [0.717, 1.165) is 30.1 Å². The van der Waals surface area contributed by atoms with Crippen molar-refractivity contribution in [2.45, 2.75) is 33.2 Å². The number of amides is 1. The van der Waals surface area contributed by atoms with Gasteiger partial charge >= 0.3 is 0 Å². The first-order valence-electron chi connectivity index (χ1n) is 11.7. The zero-order valence-corrected chi connectivity index (χ0v) is 21.2. The van der Waals surface area contributed by atoms with E-state index in [-0.39, 0.29) is 23.1 Å². The molecule has 1 saturated heterocycles. The lowest BCUT2D eigenvalue weighted by molar-refractivity contribution is 0.0938. The van der Waals surface area contributed by atoms with Crippen LogP contribution in [0.25, 0.3) is 5.65 Å². The number of hydrogen-bond acceptors (Lipinski definition) is 6. The molecule has 1 aliphatic heterocycles. The third-order valence-electron chi connectivity index (χ3n) is 5.30. The number of nitrogens with zero attached hydrogens (tertiary/aromatic N) is 6. The van der Waals surface area contributed by atoms with Crippen LogP contribution in [0, 0.1) is 19.8 Å². The van der Waals surface area contributed by atoms with Crippen LogP contribution in [0.1, 0.15) is 36.3 Å². The number of aromatic nitrogens is 5. The smallest absolute Gasteiger partial charge is 0.263 e. The van der Waals surface area contributed by atoms with Gasteiger partial charge in [0, 0.05) is 44.8 Å². The summed E-state index contributed by atoms with van der Waals surface area (Å²) in [6.45, 7) is 7.42. The van der Waals surface area contributed by atoms with Crippen molar-refractivity contribution < 1.29 is 4.79 Å². The highest BCUT2D eigenvalue weighted by Gasteiger charge is 2.26. The van der Waals surface area contributed by atoms with E-state index in [1.807, 2.05) is 55.6 Å². The van der Waals surface area contributed by atoms with Gasteiger partial charge in [0.1, 0.15) is 11.4 Å². The molecule has 4 aromatic heterocycles. The summed E-state index contributed by atoms with van der Waals surface area (Å²) in [6, 6.07) is 12.8. The summed E-state index contributed by atoms with van der Waals surface area (Å²) in [4.78, 5) is 34.7. The van der Waals surface area contributed by atoms with Crippen molar-refractivity contribution in [1.29, 1.82) is 0 Å². The Balaban J connectivity index is 0.000000390. The monoisotopic (exact) mass is 487 g/mol. The molecule has 5 rings (SSSR count). The molecule has 0 spiro atoms. The quantitative estimate of drug-likeness (QED) is 0.446. The molecule has 1 aliphatic rings. The second kappa shape index (κ2) is 14.1. The lowest BCUT2D eigenvalue weighted by Gasteiger charge is -2.18. The van der Waals surface area contributed by atoms with Gasteiger partial charge in [-0.1, -0.05) is 19.9 Å². The molecule has 5 heterocycles. The summed E-state index contributed by atoms with van der Waals surface area (Å²) in [6.07, 6.45) is 15.7. The third kappa shape index (κ3) is 7.03. The molecule has 0 unspecified atom stereocenters. The fourth-order valence-electron chi connectivity index (χ4n) is 3.58. The van der Waals surface area contributed by atoms with Crippen molar-refractivity contribution in [2.24, 2.45) is 7.05 Å². The highest BCUT2D eigenvalue weighted by molar-refractivity contribution is 5.94. The molecule has 9 heteroatoms. The highest BCUT2D eigenvalue weighted by Crippen LogP contribution is 2.19. The van der Waals surface area contributed by atoms with Crippen LogP contribution in [0.5, 0.6) is 0 Å². The number of terminal acetylenes is 1. The van der Waals surface area contributed by atoms with E-state index in [9.17, 15) is 9.59 Å². The number of anilines is 1. The molecular weight excluding hydrogens is 454 g/mol. The number of hydrogen-bond donors (Lipinski definition) is 1. The van der Waals surface area contributed by atoms with Gasteiger partial charge in [-0.2, -0.15) is 0 Å². The molecule has 0 radical (unpaired) electrons. The minimum Gasteiger partial charge on any atom is -0.353 e. The van der Waals surface area contributed by atoms with Crippen molar-refractivity contribution in [3.05, 3.63) is 88.9 Å². The van der Waals surface area contributed by atoms with Gasteiger partial charge in [0.25, 0.3) is 11.5 Å². The van der Waals surface area contributed by atoms with E-state index >= 15 is 0 Å². The molecule has 0 aliphatic carbocycles. The van der Waals surface area contributed by atoms with Gasteiger partial charge in [0.2, 0.25) is 0 Å². The van der Waals surface area contributed by atoms with Crippen LogP contribution in [0.15, 0.2) is 72.0 Å². The lowest BCUT2D eigenvalue weighted by atomic mass is 10.2. The third-order valence-corrected chi connectivity index (χ3v) is 5.30. The van der Waals surface area contributed by atoms with Gasteiger partial charge in [0.05, 0.1) is 11.9 Å². The second-order valence-electron chi connectivity index (χ2n) is 7.63. The molecule has 188 valence electrons. The number of carbonyl (C=O) groups is 1. The zero-order valence-electron chi connectivity index (χ0n) is 21.2. The minimum absolute atomic E-state index is 0.0196.